The van der Waals surface area contributed by atoms with Crippen LogP contribution in [0.4, 0.5) is 4.79 Å². The molecule has 1 amide bonds. The van der Waals surface area contributed by atoms with E-state index in [0.717, 1.165) is 15.5 Å². The minimum atomic E-state index is -0.760. The van der Waals surface area contributed by atoms with E-state index in [2.05, 4.69) is 4.98 Å². The molecule has 0 aliphatic carbocycles. The van der Waals surface area contributed by atoms with Gasteiger partial charge in [-0.3, -0.25) is 0 Å². The second-order valence-electron chi connectivity index (χ2n) is 3.59. The normalized spacial score (nSPS) is 10.1. The second-order valence-corrected chi connectivity index (χ2v) is 5.81. The molecule has 4 nitrogen and oxygen atoms in total. The minimum absolute atomic E-state index is 0.202. The molecule has 0 saturated carbocycles. The van der Waals surface area contributed by atoms with Crippen LogP contribution in [0.3, 0.4) is 0 Å². The highest BCUT2D eigenvalue weighted by atomic mass is 33.1. The van der Waals surface area contributed by atoms with Crippen LogP contribution in [0.1, 0.15) is 5.56 Å². The summed E-state index contributed by atoms with van der Waals surface area (Å²) in [6.07, 6.45) is 1.01. The molecule has 0 saturated heterocycles. The first-order valence-corrected chi connectivity index (χ1v) is 7.66. The van der Waals surface area contributed by atoms with Gasteiger partial charge in [0.15, 0.2) is 0 Å². The maximum Gasteiger partial charge on any atom is 0.404 e. The van der Waals surface area contributed by atoms with Crippen LogP contribution in [0.15, 0.2) is 58.6 Å². The summed E-state index contributed by atoms with van der Waals surface area (Å²) in [6, 6.07) is 13.6. The summed E-state index contributed by atoms with van der Waals surface area (Å²) in [5, 5.41) is 0.966. The first-order chi connectivity index (χ1) is 9.24. The summed E-state index contributed by atoms with van der Waals surface area (Å²) in [5.74, 6) is 0. The van der Waals surface area contributed by atoms with E-state index >= 15 is 0 Å². The monoisotopic (exact) mass is 292 g/mol. The SMILES string of the molecule is NC(=O)OCc1ccc(SSc2ccccn2)cc1. The van der Waals surface area contributed by atoms with E-state index in [0.29, 0.717) is 0 Å². The predicted molar refractivity (Wildman–Crippen MR) is 76.8 cm³/mol. The average Bonchev–Trinajstić information content (AvgIpc) is 2.45. The van der Waals surface area contributed by atoms with Crippen molar-refractivity contribution in [1.29, 1.82) is 0 Å². The van der Waals surface area contributed by atoms with Gasteiger partial charge in [-0.25, -0.2) is 9.78 Å². The zero-order chi connectivity index (χ0) is 13.5. The van der Waals surface area contributed by atoms with Gasteiger partial charge < -0.3 is 10.5 Å². The molecule has 2 aromatic rings. The number of amides is 1. The van der Waals surface area contributed by atoms with Gasteiger partial charge in [-0.05, 0) is 40.6 Å². The third kappa shape index (κ3) is 4.84. The first kappa shape index (κ1) is 13.8. The van der Waals surface area contributed by atoms with Gasteiger partial charge in [-0.1, -0.05) is 29.0 Å². The summed E-state index contributed by atoms with van der Waals surface area (Å²) >= 11 is 0. The number of carbonyl (C=O) groups is 1. The number of hydrogen-bond donors (Lipinski definition) is 1. The molecule has 1 aromatic carbocycles. The standard InChI is InChI=1S/C13H12N2O2S2/c14-13(16)17-9-10-4-6-11(7-5-10)18-19-12-3-1-2-8-15-12/h1-8H,9H2,(H2,14,16). The number of carbonyl (C=O) groups excluding carboxylic acids is 1. The fraction of sp³-hybridized carbons (Fsp3) is 0.0769. The molecule has 1 heterocycles. The lowest BCUT2D eigenvalue weighted by Crippen LogP contribution is -2.12. The molecule has 0 unspecified atom stereocenters. The van der Waals surface area contributed by atoms with E-state index < -0.39 is 6.09 Å². The first-order valence-electron chi connectivity index (χ1n) is 5.51. The van der Waals surface area contributed by atoms with E-state index in [9.17, 15) is 4.79 Å². The molecule has 0 spiro atoms. The number of ether oxygens (including phenoxy) is 1. The molecule has 0 fully saturated rings. The Morgan fingerprint density at radius 2 is 1.95 bits per heavy atom. The summed E-state index contributed by atoms with van der Waals surface area (Å²) < 4.78 is 4.71. The van der Waals surface area contributed by atoms with Gasteiger partial charge in [-0.2, -0.15) is 0 Å². The fourth-order valence-electron chi connectivity index (χ4n) is 1.28. The number of nitrogens with two attached hydrogens (primary N) is 1. The Morgan fingerprint density at radius 3 is 2.58 bits per heavy atom. The zero-order valence-electron chi connectivity index (χ0n) is 9.98. The highest BCUT2D eigenvalue weighted by Gasteiger charge is 2.00. The Kier molecular flexibility index (Phi) is 5.11. The minimum Gasteiger partial charge on any atom is -0.445 e. The van der Waals surface area contributed by atoms with E-state index in [1.165, 1.54) is 0 Å². The van der Waals surface area contributed by atoms with Gasteiger partial charge >= 0.3 is 6.09 Å². The third-order valence-corrected chi connectivity index (χ3v) is 4.47. The largest absolute Gasteiger partial charge is 0.445 e. The average molecular weight is 292 g/mol. The maximum atomic E-state index is 10.5. The molecule has 0 atom stereocenters. The smallest absolute Gasteiger partial charge is 0.404 e. The Morgan fingerprint density at radius 1 is 1.16 bits per heavy atom. The summed E-state index contributed by atoms with van der Waals surface area (Å²) in [6.45, 7) is 0.202. The summed E-state index contributed by atoms with van der Waals surface area (Å²) in [7, 11) is 3.23. The molecule has 6 heteroatoms. The topological polar surface area (TPSA) is 65.2 Å². The van der Waals surface area contributed by atoms with Crippen molar-refractivity contribution in [3.05, 3.63) is 54.2 Å². The Balaban J connectivity index is 1.86. The molecule has 98 valence electrons. The van der Waals surface area contributed by atoms with Crippen LogP contribution >= 0.6 is 21.6 Å². The second kappa shape index (κ2) is 7.06. The molecular weight excluding hydrogens is 280 g/mol. The third-order valence-electron chi connectivity index (χ3n) is 2.17. The Bertz CT molecular complexity index is 532. The van der Waals surface area contributed by atoms with Crippen LogP contribution in [0.25, 0.3) is 0 Å². The number of nitrogens with zero attached hydrogens (tertiary/aromatic N) is 1. The lowest BCUT2D eigenvalue weighted by molar-refractivity contribution is 0.150. The molecular formula is C13H12N2O2S2. The number of hydrogen-bond acceptors (Lipinski definition) is 5. The number of pyridine rings is 1. The van der Waals surface area contributed by atoms with Gasteiger partial charge in [0.25, 0.3) is 0 Å². The van der Waals surface area contributed by atoms with Gasteiger partial charge in [0.1, 0.15) is 11.6 Å². The quantitative estimate of drug-likeness (QED) is 0.855. The number of aromatic nitrogens is 1. The van der Waals surface area contributed by atoms with Crippen molar-refractivity contribution in [1.82, 2.24) is 4.98 Å². The van der Waals surface area contributed by atoms with Crippen LogP contribution in [0.5, 0.6) is 0 Å². The van der Waals surface area contributed by atoms with Crippen molar-refractivity contribution in [2.24, 2.45) is 5.73 Å². The summed E-state index contributed by atoms with van der Waals surface area (Å²) in [4.78, 5) is 15.8. The van der Waals surface area contributed by atoms with Gasteiger partial charge in [0, 0.05) is 11.1 Å². The van der Waals surface area contributed by atoms with Crippen LogP contribution in [0.2, 0.25) is 0 Å². The van der Waals surface area contributed by atoms with E-state index in [1.54, 1.807) is 27.8 Å². The molecule has 1 aromatic heterocycles. The maximum absolute atomic E-state index is 10.5. The van der Waals surface area contributed by atoms with Crippen molar-refractivity contribution in [3.8, 4) is 0 Å². The van der Waals surface area contributed by atoms with Crippen molar-refractivity contribution >= 4 is 27.7 Å². The van der Waals surface area contributed by atoms with E-state index in [4.69, 9.17) is 10.5 Å². The van der Waals surface area contributed by atoms with Crippen molar-refractivity contribution < 1.29 is 9.53 Å². The highest BCUT2D eigenvalue weighted by molar-refractivity contribution is 8.76. The van der Waals surface area contributed by atoms with E-state index in [-0.39, 0.29) is 6.61 Å². The van der Waals surface area contributed by atoms with Crippen LogP contribution in [0, 0.1) is 0 Å². The highest BCUT2D eigenvalue weighted by Crippen LogP contribution is 2.35. The zero-order valence-corrected chi connectivity index (χ0v) is 11.6. The molecule has 0 bridgehead atoms. The van der Waals surface area contributed by atoms with Crippen molar-refractivity contribution in [2.75, 3.05) is 0 Å². The number of rotatable bonds is 5. The van der Waals surface area contributed by atoms with Gasteiger partial charge in [-0.15, -0.1) is 0 Å². The fourth-order valence-corrected chi connectivity index (χ4v) is 3.12. The van der Waals surface area contributed by atoms with E-state index in [1.807, 2.05) is 42.5 Å². The molecule has 2 N–H and O–H groups in total. The molecule has 19 heavy (non-hydrogen) atoms. The lowest BCUT2D eigenvalue weighted by Gasteiger charge is -2.03. The van der Waals surface area contributed by atoms with Crippen LogP contribution in [-0.2, 0) is 11.3 Å². The predicted octanol–water partition coefficient (Wildman–Crippen LogP) is 3.48. The molecule has 0 aliphatic heterocycles. The van der Waals surface area contributed by atoms with Crippen molar-refractivity contribution in [2.45, 2.75) is 16.5 Å². The molecule has 0 aliphatic rings. The van der Waals surface area contributed by atoms with Crippen LogP contribution in [-0.4, -0.2) is 11.1 Å². The number of primary amides is 1. The molecule has 2 rings (SSSR count). The van der Waals surface area contributed by atoms with Gasteiger partial charge in [0.2, 0.25) is 0 Å². The summed E-state index contributed by atoms with van der Waals surface area (Å²) in [5.41, 5.74) is 5.82. The lowest BCUT2D eigenvalue weighted by atomic mass is 10.2. The molecule has 0 radical (unpaired) electrons. The van der Waals surface area contributed by atoms with Crippen molar-refractivity contribution in [3.63, 3.8) is 0 Å². The van der Waals surface area contributed by atoms with Gasteiger partial charge in [0.05, 0.1) is 0 Å². The Hall–Kier alpha value is -1.66. The number of benzene rings is 1. The Labute approximate surface area is 119 Å². The van der Waals surface area contributed by atoms with Crippen LogP contribution < -0.4 is 5.73 Å².